The largest absolute Gasteiger partial charge is 0.383 e. The highest BCUT2D eigenvalue weighted by molar-refractivity contribution is 5.85. The predicted molar refractivity (Wildman–Crippen MR) is 66.5 cm³/mol. The molecule has 1 saturated heterocycles. The zero-order valence-corrected chi connectivity index (χ0v) is 10.9. The lowest BCUT2D eigenvalue weighted by Crippen LogP contribution is -2.47. The summed E-state index contributed by atoms with van der Waals surface area (Å²) in [6, 6.07) is 0.856. The summed E-state index contributed by atoms with van der Waals surface area (Å²) >= 11 is 0. The van der Waals surface area contributed by atoms with Crippen molar-refractivity contribution in [1.82, 2.24) is 4.90 Å². The third-order valence-electron chi connectivity index (χ3n) is 3.26. The van der Waals surface area contributed by atoms with Gasteiger partial charge in [0.15, 0.2) is 0 Å². The Bertz CT molecular complexity index is 167. The van der Waals surface area contributed by atoms with Gasteiger partial charge in [-0.3, -0.25) is 4.90 Å². The molecule has 0 radical (unpaired) electrons. The zero-order chi connectivity index (χ0) is 10.6. The van der Waals surface area contributed by atoms with Gasteiger partial charge < -0.3 is 10.5 Å². The van der Waals surface area contributed by atoms with Crippen LogP contribution in [0.25, 0.3) is 0 Å². The second-order valence-corrected chi connectivity index (χ2v) is 4.56. The van der Waals surface area contributed by atoms with Gasteiger partial charge in [-0.25, -0.2) is 0 Å². The number of methoxy groups -OCH3 is 1. The van der Waals surface area contributed by atoms with Crippen molar-refractivity contribution in [2.24, 2.45) is 11.7 Å². The Hall–Kier alpha value is 0.170. The average Bonchev–Trinajstić information content (AvgIpc) is 2.18. The quantitative estimate of drug-likeness (QED) is 0.804. The highest BCUT2D eigenvalue weighted by Gasteiger charge is 2.25. The minimum atomic E-state index is 0. The van der Waals surface area contributed by atoms with Crippen molar-refractivity contribution in [3.63, 3.8) is 0 Å². The molecule has 1 rings (SSSR count). The molecule has 0 aromatic heterocycles. The number of nitrogens with zero attached hydrogens (tertiary/aromatic N) is 1. The molecule has 0 aromatic carbocycles. The van der Waals surface area contributed by atoms with Gasteiger partial charge in [0.05, 0.1) is 6.61 Å². The molecule has 3 atom stereocenters. The first-order valence-electron chi connectivity index (χ1n) is 5.63. The minimum absolute atomic E-state index is 0. The third-order valence-corrected chi connectivity index (χ3v) is 3.26. The van der Waals surface area contributed by atoms with E-state index in [1.807, 2.05) is 0 Å². The van der Waals surface area contributed by atoms with Crippen molar-refractivity contribution >= 4 is 12.4 Å². The molecule has 3 nitrogen and oxygen atoms in total. The molecule has 0 bridgehead atoms. The molecule has 92 valence electrons. The Morgan fingerprint density at radius 3 is 2.67 bits per heavy atom. The van der Waals surface area contributed by atoms with Crippen molar-refractivity contribution < 1.29 is 4.74 Å². The lowest BCUT2D eigenvalue weighted by molar-refractivity contribution is 0.0639. The lowest BCUT2D eigenvalue weighted by atomic mass is 9.91. The van der Waals surface area contributed by atoms with Crippen LogP contribution in [0.5, 0.6) is 0 Å². The van der Waals surface area contributed by atoms with Crippen LogP contribution >= 0.6 is 12.4 Å². The first-order chi connectivity index (χ1) is 6.65. The summed E-state index contributed by atoms with van der Waals surface area (Å²) in [5.74, 6) is 0.669. The number of ether oxygens (including phenoxy) is 1. The van der Waals surface area contributed by atoms with Crippen LogP contribution in [0.15, 0.2) is 0 Å². The number of nitrogens with two attached hydrogens (primary N) is 1. The Balaban J connectivity index is 0.00000196. The van der Waals surface area contributed by atoms with Gasteiger partial charge in [0.1, 0.15) is 0 Å². The summed E-state index contributed by atoms with van der Waals surface area (Å²) in [5.41, 5.74) is 5.95. The maximum Gasteiger partial charge on any atom is 0.0615 e. The Morgan fingerprint density at radius 2 is 2.13 bits per heavy atom. The van der Waals surface area contributed by atoms with Crippen LogP contribution in [-0.4, -0.2) is 43.8 Å². The van der Waals surface area contributed by atoms with E-state index in [0.717, 1.165) is 13.2 Å². The van der Waals surface area contributed by atoms with Crippen LogP contribution in [0, 0.1) is 5.92 Å². The van der Waals surface area contributed by atoms with Crippen molar-refractivity contribution in [1.29, 1.82) is 0 Å². The molecule has 3 unspecified atom stereocenters. The highest BCUT2D eigenvalue weighted by atomic mass is 35.5. The lowest BCUT2D eigenvalue weighted by Gasteiger charge is -2.38. The van der Waals surface area contributed by atoms with Gasteiger partial charge in [0, 0.05) is 25.7 Å². The molecular weight excluding hydrogens is 212 g/mol. The monoisotopic (exact) mass is 236 g/mol. The molecule has 2 N–H and O–H groups in total. The minimum Gasteiger partial charge on any atom is -0.383 e. The number of likely N-dealkylation sites (tertiary alicyclic amines) is 1. The summed E-state index contributed by atoms with van der Waals surface area (Å²) in [6.45, 7) is 7.52. The van der Waals surface area contributed by atoms with E-state index in [0.29, 0.717) is 18.0 Å². The molecule has 1 heterocycles. The molecule has 0 spiro atoms. The van der Waals surface area contributed by atoms with Crippen LogP contribution < -0.4 is 5.73 Å². The predicted octanol–water partition coefficient (Wildman–Crippen LogP) is 1.50. The molecular formula is C11H25ClN2O. The smallest absolute Gasteiger partial charge is 0.0615 e. The van der Waals surface area contributed by atoms with E-state index in [2.05, 4.69) is 18.7 Å². The Labute approximate surface area is 99.7 Å². The van der Waals surface area contributed by atoms with Crippen molar-refractivity contribution in [2.75, 3.05) is 26.8 Å². The topological polar surface area (TPSA) is 38.5 Å². The summed E-state index contributed by atoms with van der Waals surface area (Å²) in [5, 5.41) is 0. The van der Waals surface area contributed by atoms with Gasteiger partial charge in [0.2, 0.25) is 0 Å². The van der Waals surface area contributed by atoms with E-state index in [1.165, 1.54) is 19.4 Å². The third kappa shape index (κ3) is 4.68. The first-order valence-corrected chi connectivity index (χ1v) is 5.63. The van der Waals surface area contributed by atoms with Crippen LogP contribution in [0.2, 0.25) is 0 Å². The van der Waals surface area contributed by atoms with Crippen LogP contribution in [0.3, 0.4) is 0 Å². The molecule has 0 aromatic rings. The number of halogens is 1. The second-order valence-electron chi connectivity index (χ2n) is 4.56. The Kier molecular flexibility index (Phi) is 7.53. The van der Waals surface area contributed by atoms with Crippen molar-refractivity contribution in [3.05, 3.63) is 0 Å². The van der Waals surface area contributed by atoms with Gasteiger partial charge in [-0.15, -0.1) is 12.4 Å². The maximum absolute atomic E-state index is 5.95. The standard InChI is InChI=1S/C11H24N2O.ClH/c1-9(8-14-3)13-6-4-5-11(7-13)10(2)12;/h9-11H,4-8,12H2,1-3H3;1H. The van der Waals surface area contributed by atoms with Gasteiger partial charge in [-0.05, 0) is 39.2 Å². The summed E-state index contributed by atoms with van der Waals surface area (Å²) < 4.78 is 5.18. The SMILES string of the molecule is COCC(C)N1CCCC(C(C)N)C1.Cl. The number of hydrogen-bond acceptors (Lipinski definition) is 3. The summed E-state index contributed by atoms with van der Waals surface area (Å²) in [7, 11) is 1.77. The molecule has 0 saturated carbocycles. The summed E-state index contributed by atoms with van der Waals surface area (Å²) in [4.78, 5) is 2.50. The van der Waals surface area contributed by atoms with E-state index >= 15 is 0 Å². The van der Waals surface area contributed by atoms with Crippen LogP contribution in [-0.2, 0) is 4.74 Å². The van der Waals surface area contributed by atoms with E-state index in [9.17, 15) is 0 Å². The zero-order valence-electron chi connectivity index (χ0n) is 10.1. The van der Waals surface area contributed by atoms with Gasteiger partial charge in [0.25, 0.3) is 0 Å². The molecule has 1 aliphatic heterocycles. The second kappa shape index (κ2) is 7.44. The van der Waals surface area contributed by atoms with Gasteiger partial charge in [-0.2, -0.15) is 0 Å². The van der Waals surface area contributed by atoms with Crippen molar-refractivity contribution in [3.8, 4) is 0 Å². The molecule has 1 fully saturated rings. The van der Waals surface area contributed by atoms with E-state index in [4.69, 9.17) is 10.5 Å². The fraction of sp³-hybridized carbons (Fsp3) is 1.00. The highest BCUT2D eigenvalue weighted by Crippen LogP contribution is 2.20. The molecule has 1 aliphatic rings. The fourth-order valence-electron chi connectivity index (χ4n) is 2.22. The maximum atomic E-state index is 5.95. The molecule has 15 heavy (non-hydrogen) atoms. The summed E-state index contributed by atoms with van der Waals surface area (Å²) in [6.07, 6.45) is 2.56. The first kappa shape index (κ1) is 15.2. The number of rotatable bonds is 4. The van der Waals surface area contributed by atoms with Gasteiger partial charge >= 0.3 is 0 Å². The average molecular weight is 237 g/mol. The number of piperidine rings is 1. The van der Waals surface area contributed by atoms with Crippen LogP contribution in [0.1, 0.15) is 26.7 Å². The van der Waals surface area contributed by atoms with Crippen LogP contribution in [0.4, 0.5) is 0 Å². The molecule has 0 aliphatic carbocycles. The van der Waals surface area contributed by atoms with E-state index in [-0.39, 0.29) is 12.4 Å². The number of hydrogen-bond donors (Lipinski definition) is 1. The molecule has 4 heteroatoms. The fourth-order valence-corrected chi connectivity index (χ4v) is 2.22. The molecule has 0 amide bonds. The van der Waals surface area contributed by atoms with Crippen molar-refractivity contribution in [2.45, 2.75) is 38.8 Å². The van der Waals surface area contributed by atoms with Gasteiger partial charge in [-0.1, -0.05) is 0 Å². The normalized spacial score (nSPS) is 26.8. The van der Waals surface area contributed by atoms with E-state index < -0.39 is 0 Å². The van der Waals surface area contributed by atoms with E-state index in [1.54, 1.807) is 7.11 Å². The Morgan fingerprint density at radius 1 is 1.47 bits per heavy atom.